The van der Waals surface area contributed by atoms with Gasteiger partial charge in [-0.2, -0.15) is 0 Å². The second-order valence-electron chi connectivity index (χ2n) is 10.9. The second kappa shape index (κ2) is 15.6. The molecule has 1 aliphatic carbocycles. The first-order valence-electron chi connectivity index (χ1n) is 14.7. The van der Waals surface area contributed by atoms with Crippen LogP contribution in [0, 0.1) is 17.6 Å². The van der Waals surface area contributed by atoms with Gasteiger partial charge in [-0.15, -0.1) is 0 Å². The number of likely N-dealkylation sites (N-methyl/N-ethyl adjacent to an activating group) is 1. The molecule has 45 heavy (non-hydrogen) atoms. The van der Waals surface area contributed by atoms with Crippen LogP contribution in [0.15, 0.2) is 66.7 Å². The zero-order valence-corrected chi connectivity index (χ0v) is 24.9. The van der Waals surface area contributed by atoms with Crippen molar-refractivity contribution in [2.24, 2.45) is 5.92 Å². The number of carbonyl (C=O) groups is 4. The Hall–Kier alpha value is -5.00. The minimum Gasteiger partial charge on any atom is -0.482 e. The molecular formula is C33H36F2N4O6. The summed E-state index contributed by atoms with van der Waals surface area (Å²) >= 11 is 0. The van der Waals surface area contributed by atoms with Crippen LogP contribution in [-0.4, -0.2) is 55.7 Å². The van der Waals surface area contributed by atoms with E-state index in [1.807, 2.05) is 0 Å². The van der Waals surface area contributed by atoms with Gasteiger partial charge in [-0.05, 0) is 60.7 Å². The molecule has 3 aromatic carbocycles. The van der Waals surface area contributed by atoms with Crippen LogP contribution in [0.25, 0.3) is 0 Å². The number of carboxylic acids is 1. The van der Waals surface area contributed by atoms with Gasteiger partial charge in [0.2, 0.25) is 5.91 Å². The van der Waals surface area contributed by atoms with Crippen molar-refractivity contribution in [1.82, 2.24) is 5.32 Å². The summed E-state index contributed by atoms with van der Waals surface area (Å²) in [6.07, 6.45) is 4.88. The van der Waals surface area contributed by atoms with E-state index in [4.69, 9.17) is 9.84 Å². The molecule has 4 rings (SSSR count). The first-order chi connectivity index (χ1) is 21.6. The Bertz CT molecular complexity index is 1510. The molecule has 4 amide bonds. The number of amides is 4. The molecule has 1 saturated carbocycles. The Morgan fingerprint density at radius 1 is 0.911 bits per heavy atom. The molecule has 238 valence electrons. The maximum Gasteiger partial charge on any atom is 0.319 e. The van der Waals surface area contributed by atoms with E-state index in [0.717, 1.165) is 49.1 Å². The van der Waals surface area contributed by atoms with Crippen LogP contribution in [0.5, 0.6) is 5.75 Å². The van der Waals surface area contributed by atoms with Gasteiger partial charge < -0.3 is 30.3 Å². The molecule has 0 atom stereocenters. The van der Waals surface area contributed by atoms with E-state index in [2.05, 4.69) is 10.6 Å². The Morgan fingerprint density at radius 3 is 2.31 bits per heavy atom. The van der Waals surface area contributed by atoms with E-state index in [-0.39, 0.29) is 24.6 Å². The Morgan fingerprint density at radius 2 is 1.60 bits per heavy atom. The van der Waals surface area contributed by atoms with Crippen molar-refractivity contribution in [2.75, 3.05) is 41.9 Å². The van der Waals surface area contributed by atoms with Crippen molar-refractivity contribution in [3.63, 3.8) is 0 Å². The fourth-order valence-electron chi connectivity index (χ4n) is 5.30. The standard InChI is InChI=1S/C33H36F2N4O6/c1-38(32-25(34)13-8-14-26(32)35)30(41)21-45-28-16-6-5-15-27(28)39(20-22-9-3-2-4-10-22)29(40)19-36-33(44)37-24-12-7-11-23(17-24)18-31(42)43/h5-8,11-17,22H,2-4,9-10,18-21H2,1H3,(H,42,43)(H2,36,37,44). The smallest absolute Gasteiger partial charge is 0.319 e. The number of aliphatic carboxylic acids is 1. The molecule has 0 heterocycles. The van der Waals surface area contributed by atoms with Gasteiger partial charge in [0.15, 0.2) is 6.61 Å². The summed E-state index contributed by atoms with van der Waals surface area (Å²) in [5, 5.41) is 14.2. The van der Waals surface area contributed by atoms with Crippen molar-refractivity contribution in [1.29, 1.82) is 0 Å². The summed E-state index contributed by atoms with van der Waals surface area (Å²) in [6, 6.07) is 15.7. The van der Waals surface area contributed by atoms with E-state index in [1.165, 1.54) is 24.1 Å². The Balaban J connectivity index is 1.46. The molecular weight excluding hydrogens is 586 g/mol. The summed E-state index contributed by atoms with van der Waals surface area (Å²) in [4.78, 5) is 52.5. The number of ether oxygens (including phenoxy) is 1. The van der Waals surface area contributed by atoms with Gasteiger partial charge in [0, 0.05) is 19.3 Å². The van der Waals surface area contributed by atoms with Crippen molar-refractivity contribution in [3.8, 4) is 5.75 Å². The number of urea groups is 1. The topological polar surface area (TPSA) is 128 Å². The lowest BCUT2D eigenvalue weighted by molar-refractivity contribution is -0.136. The monoisotopic (exact) mass is 622 g/mol. The summed E-state index contributed by atoms with van der Waals surface area (Å²) in [5.74, 6) is -3.46. The lowest BCUT2D eigenvalue weighted by Crippen LogP contribution is -2.44. The van der Waals surface area contributed by atoms with E-state index in [9.17, 15) is 28.0 Å². The van der Waals surface area contributed by atoms with Crippen molar-refractivity contribution in [2.45, 2.75) is 38.5 Å². The third kappa shape index (κ3) is 9.24. The molecule has 0 spiro atoms. The zero-order valence-electron chi connectivity index (χ0n) is 24.9. The lowest BCUT2D eigenvalue weighted by Gasteiger charge is -2.31. The number of hydrogen-bond acceptors (Lipinski definition) is 5. The maximum absolute atomic E-state index is 14.2. The zero-order chi connectivity index (χ0) is 32.3. The number of hydrogen-bond donors (Lipinski definition) is 3. The number of carbonyl (C=O) groups excluding carboxylic acids is 3. The molecule has 0 aromatic heterocycles. The number of benzene rings is 3. The third-order valence-electron chi connectivity index (χ3n) is 7.56. The summed E-state index contributed by atoms with van der Waals surface area (Å²) < 4.78 is 34.3. The average molecular weight is 623 g/mol. The highest BCUT2D eigenvalue weighted by molar-refractivity contribution is 6.00. The quantitative estimate of drug-likeness (QED) is 0.249. The SMILES string of the molecule is CN(C(=O)COc1ccccc1N(CC1CCCCC1)C(=O)CNC(=O)Nc1cccc(CC(=O)O)c1)c1c(F)cccc1F. The molecule has 10 nitrogen and oxygen atoms in total. The van der Waals surface area contributed by atoms with Gasteiger partial charge in [-0.3, -0.25) is 14.4 Å². The first-order valence-corrected chi connectivity index (χ1v) is 14.7. The number of rotatable bonds is 12. The van der Waals surface area contributed by atoms with E-state index >= 15 is 0 Å². The highest BCUT2D eigenvalue weighted by Crippen LogP contribution is 2.32. The molecule has 0 unspecified atom stereocenters. The minimum atomic E-state index is -1.00. The molecule has 1 aliphatic rings. The van der Waals surface area contributed by atoms with E-state index < -0.39 is 47.7 Å². The van der Waals surface area contributed by atoms with Gasteiger partial charge in [-0.1, -0.05) is 49.6 Å². The van der Waals surface area contributed by atoms with E-state index in [0.29, 0.717) is 23.5 Å². The Kier molecular flexibility index (Phi) is 11.4. The summed E-state index contributed by atoms with van der Waals surface area (Å²) in [7, 11) is 1.25. The summed E-state index contributed by atoms with van der Waals surface area (Å²) in [6.45, 7) is -0.529. The fraction of sp³-hybridized carbons (Fsp3) is 0.333. The number of nitrogens with zero attached hydrogens (tertiary/aromatic N) is 2. The van der Waals surface area contributed by atoms with Gasteiger partial charge in [0.05, 0.1) is 18.7 Å². The Labute approximate surface area is 260 Å². The number of carboxylic acid groups (broad SMARTS) is 1. The van der Waals surface area contributed by atoms with Crippen molar-refractivity contribution >= 4 is 40.9 Å². The second-order valence-corrected chi connectivity index (χ2v) is 10.9. The molecule has 3 N–H and O–H groups in total. The summed E-state index contributed by atoms with van der Waals surface area (Å²) in [5.41, 5.74) is 0.785. The normalized spacial score (nSPS) is 13.0. The number of para-hydroxylation sites is 3. The van der Waals surface area contributed by atoms with Crippen LogP contribution in [0.3, 0.4) is 0 Å². The highest BCUT2D eigenvalue weighted by atomic mass is 19.1. The van der Waals surface area contributed by atoms with Crippen LogP contribution in [0.1, 0.15) is 37.7 Å². The van der Waals surface area contributed by atoms with Gasteiger partial charge in [-0.25, -0.2) is 13.6 Å². The van der Waals surface area contributed by atoms with Crippen LogP contribution < -0.4 is 25.2 Å². The molecule has 0 saturated heterocycles. The third-order valence-corrected chi connectivity index (χ3v) is 7.56. The molecule has 0 aliphatic heterocycles. The molecule has 3 aromatic rings. The van der Waals surface area contributed by atoms with Crippen LogP contribution in [-0.2, 0) is 20.8 Å². The predicted octanol–water partition coefficient (Wildman–Crippen LogP) is 5.37. The predicted molar refractivity (Wildman–Crippen MR) is 165 cm³/mol. The maximum atomic E-state index is 14.2. The number of halogens is 2. The van der Waals surface area contributed by atoms with Crippen LogP contribution in [0.2, 0.25) is 0 Å². The van der Waals surface area contributed by atoms with Crippen LogP contribution >= 0.6 is 0 Å². The average Bonchev–Trinajstić information content (AvgIpc) is 3.01. The molecule has 1 fully saturated rings. The van der Waals surface area contributed by atoms with Crippen LogP contribution in [0.4, 0.5) is 30.6 Å². The molecule has 0 radical (unpaired) electrons. The molecule has 12 heteroatoms. The van der Waals surface area contributed by atoms with E-state index in [1.54, 1.807) is 42.5 Å². The van der Waals surface area contributed by atoms with Gasteiger partial charge in [0.1, 0.15) is 23.1 Å². The largest absolute Gasteiger partial charge is 0.482 e. The van der Waals surface area contributed by atoms with Crippen molar-refractivity contribution in [3.05, 3.63) is 83.9 Å². The lowest BCUT2D eigenvalue weighted by atomic mass is 9.89. The van der Waals surface area contributed by atoms with Crippen molar-refractivity contribution < 1.29 is 37.8 Å². The number of nitrogens with one attached hydrogen (secondary N) is 2. The number of anilines is 3. The van der Waals surface area contributed by atoms with Gasteiger partial charge in [0.25, 0.3) is 5.91 Å². The first kappa shape index (κ1) is 32.9. The molecule has 0 bridgehead atoms. The highest BCUT2D eigenvalue weighted by Gasteiger charge is 2.26. The van der Waals surface area contributed by atoms with Gasteiger partial charge >= 0.3 is 12.0 Å². The fourth-order valence-corrected chi connectivity index (χ4v) is 5.30. The minimum absolute atomic E-state index is 0.199.